The molecule has 0 heterocycles. The Hall–Kier alpha value is -1.26. The maximum absolute atomic E-state index is 11.8. The van der Waals surface area contributed by atoms with E-state index in [1.54, 1.807) is 18.2 Å². The number of anilines is 1. The zero-order valence-corrected chi connectivity index (χ0v) is 13.1. The number of nitrogens with one attached hydrogen (secondary N) is 1. The normalized spacial score (nSPS) is 11.2. The number of hydrogen-bond donors (Lipinski definition) is 2. The fraction of sp³-hybridized carbons (Fsp3) is 0.533. The summed E-state index contributed by atoms with van der Waals surface area (Å²) in [6.45, 7) is 6.45. The van der Waals surface area contributed by atoms with Gasteiger partial charge in [-0.1, -0.05) is 18.5 Å². The third-order valence-electron chi connectivity index (χ3n) is 2.67. The summed E-state index contributed by atoms with van der Waals surface area (Å²) in [6, 6.07) is 5.24. The van der Waals surface area contributed by atoms with Crippen LogP contribution in [-0.4, -0.2) is 18.1 Å². The van der Waals surface area contributed by atoms with Crippen molar-refractivity contribution in [1.82, 2.24) is 0 Å². The lowest BCUT2D eigenvalue weighted by Crippen LogP contribution is -2.33. The number of nitrogens with two attached hydrogens (primary N) is 1. The Morgan fingerprint density at radius 1 is 1.45 bits per heavy atom. The van der Waals surface area contributed by atoms with Gasteiger partial charge in [-0.3, -0.25) is 4.79 Å². The van der Waals surface area contributed by atoms with E-state index in [0.29, 0.717) is 35.9 Å². The van der Waals surface area contributed by atoms with Gasteiger partial charge >= 0.3 is 0 Å². The Balaban J connectivity index is 2.56. The molecule has 3 N–H and O–H groups in total. The molecule has 0 aliphatic carbocycles. The predicted molar refractivity (Wildman–Crippen MR) is 83.4 cm³/mol. The van der Waals surface area contributed by atoms with E-state index in [2.05, 4.69) is 5.32 Å². The standard InChI is InChI=1S/C15H23ClN2O2/c1-4-9-20-13-6-5-11(10-12(13)16)18-14(19)7-8-15(2,3)17/h5-6,10H,4,7-9,17H2,1-3H3,(H,18,19). The maximum atomic E-state index is 11.8. The van der Waals surface area contributed by atoms with Gasteiger partial charge in [-0.05, 0) is 44.9 Å². The minimum absolute atomic E-state index is 0.0678. The first-order valence-corrected chi connectivity index (χ1v) is 7.20. The lowest BCUT2D eigenvalue weighted by Gasteiger charge is -2.17. The molecule has 0 saturated heterocycles. The summed E-state index contributed by atoms with van der Waals surface area (Å²) in [5, 5.41) is 3.30. The Bertz CT molecular complexity index is 456. The Kier molecular flexibility index (Phi) is 6.30. The smallest absolute Gasteiger partial charge is 0.224 e. The van der Waals surface area contributed by atoms with Crippen LogP contribution in [0.3, 0.4) is 0 Å². The fourth-order valence-corrected chi connectivity index (χ4v) is 1.80. The third-order valence-corrected chi connectivity index (χ3v) is 2.97. The van der Waals surface area contributed by atoms with Gasteiger partial charge in [0.15, 0.2) is 0 Å². The number of amides is 1. The molecule has 0 atom stereocenters. The molecule has 0 saturated carbocycles. The van der Waals surface area contributed by atoms with Gasteiger partial charge in [-0.25, -0.2) is 0 Å². The van der Waals surface area contributed by atoms with Crippen LogP contribution in [0, 0.1) is 0 Å². The summed E-state index contributed by atoms with van der Waals surface area (Å²) in [4.78, 5) is 11.8. The molecule has 0 aliphatic rings. The van der Waals surface area contributed by atoms with E-state index in [-0.39, 0.29) is 11.4 Å². The molecule has 1 rings (SSSR count). The van der Waals surface area contributed by atoms with E-state index in [4.69, 9.17) is 22.1 Å². The maximum Gasteiger partial charge on any atom is 0.224 e. The molecule has 20 heavy (non-hydrogen) atoms. The SMILES string of the molecule is CCCOc1ccc(NC(=O)CCC(C)(C)N)cc1Cl. The highest BCUT2D eigenvalue weighted by Gasteiger charge is 2.13. The van der Waals surface area contributed by atoms with E-state index in [0.717, 1.165) is 6.42 Å². The van der Waals surface area contributed by atoms with Crippen LogP contribution in [0.5, 0.6) is 5.75 Å². The molecule has 0 unspecified atom stereocenters. The van der Waals surface area contributed by atoms with Gasteiger partial charge in [0, 0.05) is 17.6 Å². The van der Waals surface area contributed by atoms with Crippen molar-refractivity contribution in [2.24, 2.45) is 5.73 Å². The van der Waals surface area contributed by atoms with Crippen LogP contribution in [0.2, 0.25) is 5.02 Å². The summed E-state index contributed by atoms with van der Waals surface area (Å²) in [5.41, 5.74) is 6.17. The first-order valence-electron chi connectivity index (χ1n) is 6.83. The number of carbonyl (C=O) groups excluding carboxylic acids is 1. The topological polar surface area (TPSA) is 64.3 Å². The molecule has 1 aromatic carbocycles. The number of halogens is 1. The van der Waals surface area contributed by atoms with Crippen molar-refractivity contribution in [3.05, 3.63) is 23.2 Å². The molecule has 4 nitrogen and oxygen atoms in total. The van der Waals surface area contributed by atoms with Gasteiger partial charge in [0.05, 0.1) is 11.6 Å². The van der Waals surface area contributed by atoms with Gasteiger partial charge < -0.3 is 15.8 Å². The Morgan fingerprint density at radius 3 is 2.70 bits per heavy atom. The highest BCUT2D eigenvalue weighted by atomic mass is 35.5. The van der Waals surface area contributed by atoms with Crippen LogP contribution in [0.25, 0.3) is 0 Å². The van der Waals surface area contributed by atoms with E-state index in [9.17, 15) is 4.79 Å². The second-order valence-electron chi connectivity index (χ2n) is 5.53. The first kappa shape index (κ1) is 16.8. The van der Waals surface area contributed by atoms with E-state index in [1.165, 1.54) is 0 Å². The molecule has 0 aliphatic heterocycles. The largest absolute Gasteiger partial charge is 0.492 e. The van der Waals surface area contributed by atoms with Crippen molar-refractivity contribution in [2.75, 3.05) is 11.9 Å². The predicted octanol–water partition coefficient (Wildman–Crippen LogP) is 3.58. The lowest BCUT2D eigenvalue weighted by atomic mass is 10.00. The minimum Gasteiger partial charge on any atom is -0.492 e. The molecule has 1 aromatic rings. The Labute approximate surface area is 125 Å². The molecular weight excluding hydrogens is 276 g/mol. The van der Waals surface area contributed by atoms with Crippen LogP contribution in [0.4, 0.5) is 5.69 Å². The van der Waals surface area contributed by atoms with Crippen LogP contribution in [0.15, 0.2) is 18.2 Å². The van der Waals surface area contributed by atoms with Gasteiger partial charge in [0.1, 0.15) is 5.75 Å². The van der Waals surface area contributed by atoms with Crippen molar-refractivity contribution in [3.8, 4) is 5.75 Å². The van der Waals surface area contributed by atoms with Gasteiger partial charge in [0.2, 0.25) is 5.91 Å². The summed E-state index contributed by atoms with van der Waals surface area (Å²) >= 11 is 6.10. The quantitative estimate of drug-likeness (QED) is 0.808. The fourth-order valence-electron chi connectivity index (χ4n) is 1.57. The number of hydrogen-bond acceptors (Lipinski definition) is 3. The highest BCUT2D eigenvalue weighted by molar-refractivity contribution is 6.32. The van der Waals surface area contributed by atoms with E-state index in [1.807, 2.05) is 20.8 Å². The number of carbonyl (C=O) groups is 1. The van der Waals surface area contributed by atoms with Crippen molar-refractivity contribution in [1.29, 1.82) is 0 Å². The first-order chi connectivity index (χ1) is 9.31. The van der Waals surface area contributed by atoms with Crippen molar-refractivity contribution < 1.29 is 9.53 Å². The third kappa shape index (κ3) is 6.26. The van der Waals surface area contributed by atoms with Crippen LogP contribution in [0.1, 0.15) is 40.0 Å². The van der Waals surface area contributed by atoms with E-state index >= 15 is 0 Å². The molecule has 1 amide bonds. The molecule has 0 spiro atoms. The molecule has 112 valence electrons. The summed E-state index contributed by atoms with van der Waals surface area (Å²) in [6.07, 6.45) is 1.93. The molecule has 0 fully saturated rings. The second kappa shape index (κ2) is 7.50. The number of rotatable bonds is 7. The van der Waals surface area contributed by atoms with Gasteiger partial charge in [-0.15, -0.1) is 0 Å². The second-order valence-corrected chi connectivity index (χ2v) is 5.94. The van der Waals surface area contributed by atoms with Gasteiger partial charge in [-0.2, -0.15) is 0 Å². The average molecular weight is 299 g/mol. The lowest BCUT2D eigenvalue weighted by molar-refractivity contribution is -0.116. The monoisotopic (exact) mass is 298 g/mol. The molecular formula is C15H23ClN2O2. The van der Waals surface area contributed by atoms with Crippen molar-refractivity contribution >= 4 is 23.2 Å². The van der Waals surface area contributed by atoms with Gasteiger partial charge in [0.25, 0.3) is 0 Å². The highest BCUT2D eigenvalue weighted by Crippen LogP contribution is 2.28. The molecule has 0 aromatic heterocycles. The van der Waals surface area contributed by atoms with Crippen molar-refractivity contribution in [3.63, 3.8) is 0 Å². The van der Waals surface area contributed by atoms with E-state index < -0.39 is 0 Å². The van der Waals surface area contributed by atoms with Crippen LogP contribution in [-0.2, 0) is 4.79 Å². The summed E-state index contributed by atoms with van der Waals surface area (Å²) < 4.78 is 5.48. The molecule has 5 heteroatoms. The zero-order chi connectivity index (χ0) is 15.2. The summed E-state index contributed by atoms with van der Waals surface area (Å²) in [5.74, 6) is 0.566. The number of ether oxygens (including phenoxy) is 1. The Morgan fingerprint density at radius 2 is 2.15 bits per heavy atom. The number of benzene rings is 1. The van der Waals surface area contributed by atoms with Crippen LogP contribution < -0.4 is 15.8 Å². The van der Waals surface area contributed by atoms with Crippen LogP contribution >= 0.6 is 11.6 Å². The minimum atomic E-state index is -0.340. The molecule has 0 radical (unpaired) electrons. The summed E-state index contributed by atoms with van der Waals surface area (Å²) in [7, 11) is 0. The van der Waals surface area contributed by atoms with Crippen molar-refractivity contribution in [2.45, 2.75) is 45.6 Å². The average Bonchev–Trinajstić information content (AvgIpc) is 2.35. The molecule has 0 bridgehead atoms. The zero-order valence-electron chi connectivity index (χ0n) is 12.3.